The molecule has 0 fully saturated rings. The van der Waals surface area contributed by atoms with E-state index in [0.717, 1.165) is 0 Å². The number of allylic oxidation sites excluding steroid dienone is 1. The Kier molecular flexibility index (Phi) is 7.68. The van der Waals surface area contributed by atoms with E-state index in [1.54, 1.807) is 44.2 Å². The smallest absolute Gasteiger partial charge is 0.415 e. The Morgan fingerprint density at radius 1 is 1.18 bits per heavy atom. The summed E-state index contributed by atoms with van der Waals surface area (Å²) < 4.78 is 82.7. The summed E-state index contributed by atoms with van der Waals surface area (Å²) in [6, 6.07) is 8.73. The molecule has 3 aromatic rings. The second-order valence-corrected chi connectivity index (χ2v) is 9.59. The van der Waals surface area contributed by atoms with Crippen molar-refractivity contribution in [1.29, 1.82) is 0 Å². The highest BCUT2D eigenvalue weighted by atomic mass is 19.4. The summed E-state index contributed by atoms with van der Waals surface area (Å²) in [5, 5.41) is 21.8. The molecule has 0 saturated heterocycles. The third kappa shape index (κ3) is 5.90. The molecule has 9 nitrogen and oxygen atoms in total. The molecule has 1 aliphatic heterocycles. The van der Waals surface area contributed by atoms with Crippen LogP contribution >= 0.6 is 0 Å². The normalized spacial score (nSPS) is 20.2. The number of rotatable bonds is 5. The van der Waals surface area contributed by atoms with Gasteiger partial charge < -0.3 is 14.5 Å². The second-order valence-electron chi connectivity index (χ2n) is 9.59. The van der Waals surface area contributed by atoms with Gasteiger partial charge in [0, 0.05) is 18.0 Å². The van der Waals surface area contributed by atoms with Crippen molar-refractivity contribution in [2.45, 2.75) is 63.5 Å². The number of pyridine rings is 1. The van der Waals surface area contributed by atoms with Crippen LogP contribution in [0.3, 0.4) is 0 Å². The number of nitrogens with one attached hydrogen (secondary N) is 1. The number of hydrogen-bond acceptors (Lipinski definition) is 8. The maximum atomic E-state index is 14.7. The molecule has 0 amide bonds. The lowest BCUT2D eigenvalue weighted by molar-refractivity contribution is -0.384. The molecule has 208 valence electrons. The maximum Gasteiger partial charge on any atom is 0.426 e. The lowest BCUT2D eigenvalue weighted by atomic mass is 9.95. The van der Waals surface area contributed by atoms with Crippen LogP contribution in [0.2, 0.25) is 0 Å². The summed E-state index contributed by atoms with van der Waals surface area (Å²) in [5.74, 6) is -2.15. The monoisotopic (exact) mass is 553 g/mol. The van der Waals surface area contributed by atoms with Gasteiger partial charge in [-0.2, -0.15) is 13.2 Å². The number of nitrogens with zero attached hydrogens (tertiary/aromatic N) is 4. The van der Waals surface area contributed by atoms with Crippen LogP contribution in [-0.2, 0) is 16.9 Å². The van der Waals surface area contributed by atoms with Gasteiger partial charge in [0.15, 0.2) is 0 Å². The van der Waals surface area contributed by atoms with Crippen LogP contribution in [0.25, 0.3) is 11.6 Å². The average Bonchev–Trinajstić information content (AvgIpc) is 3.34. The van der Waals surface area contributed by atoms with Crippen molar-refractivity contribution in [3.05, 3.63) is 75.7 Å². The Bertz CT molecular complexity index is 1360. The van der Waals surface area contributed by atoms with Crippen LogP contribution in [0, 0.1) is 10.1 Å². The highest BCUT2D eigenvalue weighted by Crippen LogP contribution is 2.47. The molecule has 1 N–H and O–H groups in total. The summed E-state index contributed by atoms with van der Waals surface area (Å²) >= 11 is 0. The Morgan fingerprint density at radius 2 is 1.90 bits per heavy atom. The Balaban J connectivity index is 1.92. The van der Waals surface area contributed by atoms with E-state index in [2.05, 4.69) is 20.5 Å². The summed E-state index contributed by atoms with van der Waals surface area (Å²) in [6.45, 7) is 2.89. The van der Waals surface area contributed by atoms with E-state index in [1.165, 1.54) is 12.2 Å². The standard InChI is InChI=1S/C25H24F5N5O4/c1-23(2)11-7-4-8-12-24(25(28,29)30,38-14-15-9-5-3-6-10-15)22-34-33-21(39-22)18-17(35(36)37)13-16(19(26)27)20(31-18)32-23/h3-6,8-10,13,19H,7,11-12,14H2,1-2H3,(H,31,32)/b8-4+/t24-/m1/s1. The number of nitro groups is 1. The molecular formula is C25H24F5N5O4. The van der Waals surface area contributed by atoms with E-state index in [4.69, 9.17) is 9.15 Å². The van der Waals surface area contributed by atoms with Crippen molar-refractivity contribution >= 4 is 11.5 Å². The average molecular weight is 553 g/mol. The molecule has 0 unspecified atom stereocenters. The van der Waals surface area contributed by atoms with E-state index in [-0.39, 0.29) is 12.2 Å². The molecule has 2 aromatic heterocycles. The lowest BCUT2D eigenvalue weighted by Gasteiger charge is -2.32. The number of hydrogen-bond donors (Lipinski definition) is 1. The number of fused-ring (bicyclic) bond motifs is 5. The molecule has 3 heterocycles. The highest BCUT2D eigenvalue weighted by molar-refractivity contribution is 5.68. The van der Waals surface area contributed by atoms with Gasteiger partial charge in [-0.25, -0.2) is 13.8 Å². The van der Waals surface area contributed by atoms with E-state index < -0.39 is 70.4 Å². The van der Waals surface area contributed by atoms with Gasteiger partial charge in [-0.3, -0.25) is 10.1 Å². The Hall–Kier alpha value is -3.94. The fourth-order valence-corrected chi connectivity index (χ4v) is 4.06. The minimum atomic E-state index is -5.06. The fraction of sp³-hybridized carbons (Fsp3) is 0.400. The van der Waals surface area contributed by atoms with Crippen LogP contribution < -0.4 is 5.32 Å². The van der Waals surface area contributed by atoms with Crippen molar-refractivity contribution < 1.29 is 36.0 Å². The van der Waals surface area contributed by atoms with Gasteiger partial charge in [0.05, 0.1) is 17.1 Å². The predicted octanol–water partition coefficient (Wildman–Crippen LogP) is 6.88. The summed E-state index contributed by atoms with van der Waals surface area (Å²) in [4.78, 5) is 14.7. The molecule has 0 spiro atoms. The molecule has 1 atom stereocenters. The maximum absolute atomic E-state index is 14.7. The zero-order valence-electron chi connectivity index (χ0n) is 20.8. The SMILES string of the molecule is CC1(C)CC/C=C/C[C@](OCc2ccccc2)(C(F)(F)F)c2nnc(o2)-c2nc(c(C(F)F)cc2[N+](=O)[O-])N1. The third-order valence-electron chi connectivity index (χ3n) is 6.19. The molecule has 4 rings (SSSR count). The van der Waals surface area contributed by atoms with E-state index in [0.29, 0.717) is 18.1 Å². The zero-order chi connectivity index (χ0) is 28.4. The van der Waals surface area contributed by atoms with Crippen molar-refractivity contribution in [2.75, 3.05) is 5.32 Å². The summed E-state index contributed by atoms with van der Waals surface area (Å²) in [6.07, 6.45) is -5.56. The fourth-order valence-electron chi connectivity index (χ4n) is 4.06. The van der Waals surface area contributed by atoms with E-state index in [1.807, 2.05) is 0 Å². The molecule has 1 aliphatic rings. The zero-order valence-corrected chi connectivity index (χ0v) is 20.8. The first kappa shape index (κ1) is 28.1. The van der Waals surface area contributed by atoms with E-state index in [9.17, 15) is 32.1 Å². The van der Waals surface area contributed by atoms with Crippen LogP contribution in [0.5, 0.6) is 0 Å². The minimum absolute atomic E-state index is 0.269. The van der Waals surface area contributed by atoms with Crippen LogP contribution in [0.15, 0.2) is 53.0 Å². The summed E-state index contributed by atoms with van der Waals surface area (Å²) in [7, 11) is 0. The number of alkyl halides is 5. The molecule has 0 radical (unpaired) electrons. The van der Waals surface area contributed by atoms with Crippen molar-refractivity contribution in [1.82, 2.24) is 15.2 Å². The first-order valence-corrected chi connectivity index (χ1v) is 11.8. The molecule has 4 bridgehead atoms. The molecular weight excluding hydrogens is 529 g/mol. The van der Waals surface area contributed by atoms with E-state index >= 15 is 0 Å². The quantitative estimate of drug-likeness (QED) is 0.157. The van der Waals surface area contributed by atoms with Crippen LogP contribution in [0.1, 0.15) is 56.6 Å². The largest absolute Gasteiger partial charge is 0.426 e. The van der Waals surface area contributed by atoms with Gasteiger partial charge >= 0.3 is 11.9 Å². The third-order valence-corrected chi connectivity index (χ3v) is 6.19. The molecule has 0 aliphatic carbocycles. The topological polar surface area (TPSA) is 116 Å². The van der Waals surface area contributed by atoms with Gasteiger partial charge in [-0.15, -0.1) is 10.2 Å². The Labute approximate surface area is 219 Å². The number of benzene rings is 1. The highest BCUT2D eigenvalue weighted by Gasteiger charge is 2.61. The van der Waals surface area contributed by atoms with Crippen molar-refractivity contribution in [3.63, 3.8) is 0 Å². The number of halogens is 5. The Morgan fingerprint density at radius 3 is 2.54 bits per heavy atom. The molecule has 1 aromatic carbocycles. The minimum Gasteiger partial charge on any atom is -0.415 e. The van der Waals surface area contributed by atoms with Crippen molar-refractivity contribution in [2.24, 2.45) is 0 Å². The number of aromatic nitrogens is 3. The molecule has 0 saturated carbocycles. The number of anilines is 1. The molecule has 14 heteroatoms. The number of ether oxygens (including phenoxy) is 1. The van der Waals surface area contributed by atoms with Gasteiger partial charge in [-0.05, 0) is 32.3 Å². The van der Waals surface area contributed by atoms with Crippen LogP contribution in [-0.4, -0.2) is 31.8 Å². The van der Waals surface area contributed by atoms with Gasteiger partial charge in [-0.1, -0.05) is 42.5 Å². The lowest BCUT2D eigenvalue weighted by Crippen LogP contribution is -2.45. The summed E-state index contributed by atoms with van der Waals surface area (Å²) in [5.41, 5.74) is -5.88. The first-order chi connectivity index (χ1) is 18.3. The first-order valence-electron chi connectivity index (χ1n) is 11.8. The molecule has 39 heavy (non-hydrogen) atoms. The van der Waals surface area contributed by atoms with Crippen LogP contribution in [0.4, 0.5) is 33.5 Å². The van der Waals surface area contributed by atoms with Crippen molar-refractivity contribution in [3.8, 4) is 11.6 Å². The van der Waals surface area contributed by atoms with Gasteiger partial charge in [0.25, 0.3) is 18.2 Å². The van der Waals surface area contributed by atoms with Gasteiger partial charge in [0.2, 0.25) is 11.3 Å². The second kappa shape index (κ2) is 10.7. The predicted molar refractivity (Wildman–Crippen MR) is 129 cm³/mol. The van der Waals surface area contributed by atoms with Gasteiger partial charge in [0.1, 0.15) is 5.82 Å².